The van der Waals surface area contributed by atoms with Gasteiger partial charge in [-0.15, -0.1) is 0 Å². The minimum absolute atomic E-state index is 0.0723. The number of carbonyl (C=O) groups excluding carboxylic acids is 3. The maximum atomic E-state index is 12.8. The number of allylic oxidation sites excluding steroid dienone is 4. The predicted molar refractivity (Wildman–Crippen MR) is 256 cm³/mol. The third-order valence-corrected chi connectivity index (χ3v) is 11.7. The summed E-state index contributed by atoms with van der Waals surface area (Å²) >= 11 is 0. The Bertz CT molecular complexity index is 973. The first-order chi connectivity index (χ1) is 29.5. The van der Waals surface area contributed by atoms with Gasteiger partial charge in [-0.3, -0.25) is 14.4 Å². The van der Waals surface area contributed by atoms with Crippen LogP contribution in [0.3, 0.4) is 0 Å². The number of rotatable bonds is 48. The molecule has 6 heteroatoms. The summed E-state index contributed by atoms with van der Waals surface area (Å²) in [5.41, 5.74) is 0. The van der Waals surface area contributed by atoms with Crippen LogP contribution in [-0.4, -0.2) is 37.2 Å². The standard InChI is InChI=1S/C54H100O6/c1-4-7-10-13-16-19-21-23-25-27-29-30-32-35-38-41-44-47-53(56)59-50-51(49-58-52(55)46-43-40-37-34-18-15-12-9-6-3)60-54(57)48-45-42-39-36-33-31-28-26-24-22-20-17-14-11-8-5-2/h20,22,26,28,51H,4-19,21,23-25,27,29-50H2,1-3H3/b22-20-,28-26-. The van der Waals surface area contributed by atoms with Gasteiger partial charge in [-0.05, 0) is 51.4 Å². The molecule has 0 aromatic carbocycles. The van der Waals surface area contributed by atoms with E-state index in [-0.39, 0.29) is 31.1 Å². The van der Waals surface area contributed by atoms with Crippen molar-refractivity contribution >= 4 is 17.9 Å². The van der Waals surface area contributed by atoms with Gasteiger partial charge >= 0.3 is 17.9 Å². The summed E-state index contributed by atoms with van der Waals surface area (Å²) < 4.78 is 16.8. The van der Waals surface area contributed by atoms with Crippen LogP contribution in [0.4, 0.5) is 0 Å². The van der Waals surface area contributed by atoms with E-state index < -0.39 is 6.10 Å². The van der Waals surface area contributed by atoms with Gasteiger partial charge in [0, 0.05) is 19.3 Å². The maximum absolute atomic E-state index is 12.8. The van der Waals surface area contributed by atoms with Gasteiger partial charge < -0.3 is 14.2 Å². The lowest BCUT2D eigenvalue weighted by Crippen LogP contribution is -2.30. The molecule has 60 heavy (non-hydrogen) atoms. The second kappa shape index (κ2) is 49.5. The van der Waals surface area contributed by atoms with Gasteiger partial charge in [0.05, 0.1) is 0 Å². The van der Waals surface area contributed by atoms with Gasteiger partial charge in [-0.2, -0.15) is 0 Å². The van der Waals surface area contributed by atoms with Crippen molar-refractivity contribution in [3.63, 3.8) is 0 Å². The molecule has 0 amide bonds. The molecule has 0 rings (SSSR count). The lowest BCUT2D eigenvalue weighted by molar-refractivity contribution is -0.167. The lowest BCUT2D eigenvalue weighted by Gasteiger charge is -2.18. The van der Waals surface area contributed by atoms with E-state index in [1.54, 1.807) is 0 Å². The van der Waals surface area contributed by atoms with Crippen molar-refractivity contribution in [3.8, 4) is 0 Å². The lowest BCUT2D eigenvalue weighted by atomic mass is 10.0. The van der Waals surface area contributed by atoms with Crippen LogP contribution in [0, 0.1) is 0 Å². The summed E-state index contributed by atoms with van der Waals surface area (Å²) in [4.78, 5) is 37.9. The molecule has 0 bridgehead atoms. The third kappa shape index (κ3) is 46.9. The summed E-state index contributed by atoms with van der Waals surface area (Å²) in [6, 6.07) is 0. The molecule has 0 radical (unpaired) electrons. The van der Waals surface area contributed by atoms with E-state index in [9.17, 15) is 14.4 Å². The molecule has 0 saturated heterocycles. The zero-order valence-electron chi connectivity index (χ0n) is 40.2. The van der Waals surface area contributed by atoms with Gasteiger partial charge in [0.15, 0.2) is 6.10 Å². The van der Waals surface area contributed by atoms with Gasteiger partial charge in [-0.1, -0.05) is 238 Å². The SMILES string of the molecule is CCCCCC/C=C\C/C=C\CCCCCCCC(=O)OC(COC(=O)CCCCCCCCCCC)COC(=O)CCCCCCCCCCCCCCCCCCC. The molecule has 0 aromatic heterocycles. The van der Waals surface area contributed by atoms with E-state index in [4.69, 9.17) is 14.2 Å². The predicted octanol–water partition coefficient (Wildman–Crippen LogP) is 17.2. The Balaban J connectivity index is 4.30. The van der Waals surface area contributed by atoms with E-state index >= 15 is 0 Å². The minimum Gasteiger partial charge on any atom is -0.462 e. The summed E-state index contributed by atoms with van der Waals surface area (Å²) in [7, 11) is 0. The first-order valence-electron chi connectivity index (χ1n) is 26.3. The van der Waals surface area contributed by atoms with Crippen molar-refractivity contribution in [2.45, 2.75) is 290 Å². The Morgan fingerprint density at radius 1 is 0.333 bits per heavy atom. The normalized spacial score (nSPS) is 12.1. The molecule has 0 aliphatic rings. The third-order valence-electron chi connectivity index (χ3n) is 11.7. The van der Waals surface area contributed by atoms with E-state index in [1.165, 1.54) is 167 Å². The largest absolute Gasteiger partial charge is 0.462 e. The molecular weight excluding hydrogens is 745 g/mol. The van der Waals surface area contributed by atoms with Crippen molar-refractivity contribution in [3.05, 3.63) is 24.3 Å². The average molecular weight is 845 g/mol. The Labute approximate surface area is 373 Å². The monoisotopic (exact) mass is 845 g/mol. The summed E-state index contributed by atoms with van der Waals surface area (Å²) in [6.07, 6.45) is 55.9. The summed E-state index contributed by atoms with van der Waals surface area (Å²) in [5.74, 6) is -0.874. The van der Waals surface area contributed by atoms with Crippen LogP contribution in [0.5, 0.6) is 0 Å². The van der Waals surface area contributed by atoms with Gasteiger partial charge in [0.2, 0.25) is 0 Å². The fourth-order valence-corrected chi connectivity index (χ4v) is 7.71. The number of esters is 3. The van der Waals surface area contributed by atoms with Crippen LogP contribution in [0.1, 0.15) is 284 Å². The Hall–Kier alpha value is -2.11. The highest BCUT2D eigenvalue weighted by Gasteiger charge is 2.19. The highest BCUT2D eigenvalue weighted by atomic mass is 16.6. The highest BCUT2D eigenvalue weighted by molar-refractivity contribution is 5.71. The Morgan fingerprint density at radius 3 is 0.933 bits per heavy atom. The van der Waals surface area contributed by atoms with E-state index in [1.807, 2.05) is 0 Å². The number of carbonyl (C=O) groups is 3. The molecule has 0 aromatic rings. The molecule has 6 nitrogen and oxygen atoms in total. The number of unbranched alkanes of at least 4 members (excludes halogenated alkanes) is 33. The molecule has 0 spiro atoms. The van der Waals surface area contributed by atoms with Crippen molar-refractivity contribution in [1.82, 2.24) is 0 Å². The van der Waals surface area contributed by atoms with Crippen LogP contribution < -0.4 is 0 Å². The van der Waals surface area contributed by atoms with E-state index in [0.717, 1.165) is 77.0 Å². The smallest absolute Gasteiger partial charge is 0.306 e. The zero-order valence-corrected chi connectivity index (χ0v) is 40.2. The van der Waals surface area contributed by atoms with Gasteiger partial charge in [0.1, 0.15) is 13.2 Å². The molecule has 1 atom stereocenters. The number of hydrogen-bond acceptors (Lipinski definition) is 6. The van der Waals surface area contributed by atoms with Crippen LogP contribution in [-0.2, 0) is 28.6 Å². The zero-order chi connectivity index (χ0) is 43.7. The molecular formula is C54H100O6. The van der Waals surface area contributed by atoms with Crippen molar-refractivity contribution in [2.75, 3.05) is 13.2 Å². The Kier molecular flexibility index (Phi) is 47.8. The molecule has 0 fully saturated rings. The van der Waals surface area contributed by atoms with Crippen molar-refractivity contribution in [2.24, 2.45) is 0 Å². The molecule has 1 unspecified atom stereocenters. The second-order valence-electron chi connectivity index (χ2n) is 17.8. The van der Waals surface area contributed by atoms with Crippen LogP contribution >= 0.6 is 0 Å². The molecule has 0 aliphatic carbocycles. The molecule has 0 saturated carbocycles. The quantitative estimate of drug-likeness (QED) is 0.0263. The maximum Gasteiger partial charge on any atom is 0.306 e. The molecule has 0 aliphatic heterocycles. The minimum atomic E-state index is -0.772. The van der Waals surface area contributed by atoms with Gasteiger partial charge in [-0.25, -0.2) is 0 Å². The fraction of sp³-hybridized carbons (Fsp3) is 0.870. The number of hydrogen-bond donors (Lipinski definition) is 0. The molecule has 352 valence electrons. The van der Waals surface area contributed by atoms with E-state index in [2.05, 4.69) is 45.1 Å². The summed E-state index contributed by atoms with van der Waals surface area (Å²) in [5, 5.41) is 0. The van der Waals surface area contributed by atoms with Crippen LogP contribution in [0.2, 0.25) is 0 Å². The van der Waals surface area contributed by atoms with Gasteiger partial charge in [0.25, 0.3) is 0 Å². The number of ether oxygens (including phenoxy) is 3. The first-order valence-corrected chi connectivity index (χ1v) is 26.3. The summed E-state index contributed by atoms with van der Waals surface area (Å²) in [6.45, 7) is 6.62. The van der Waals surface area contributed by atoms with Crippen LogP contribution in [0.25, 0.3) is 0 Å². The Morgan fingerprint density at radius 2 is 0.600 bits per heavy atom. The van der Waals surface area contributed by atoms with E-state index in [0.29, 0.717) is 19.3 Å². The average Bonchev–Trinajstić information content (AvgIpc) is 3.24. The topological polar surface area (TPSA) is 78.9 Å². The second-order valence-corrected chi connectivity index (χ2v) is 17.8. The van der Waals surface area contributed by atoms with Crippen molar-refractivity contribution < 1.29 is 28.6 Å². The van der Waals surface area contributed by atoms with Crippen molar-refractivity contribution in [1.29, 1.82) is 0 Å². The molecule has 0 heterocycles. The fourth-order valence-electron chi connectivity index (χ4n) is 7.71. The van der Waals surface area contributed by atoms with Crippen LogP contribution in [0.15, 0.2) is 24.3 Å². The molecule has 0 N–H and O–H groups in total. The first kappa shape index (κ1) is 57.9. The highest BCUT2D eigenvalue weighted by Crippen LogP contribution is 2.16.